The molecule has 1 saturated carbocycles. The predicted octanol–water partition coefficient (Wildman–Crippen LogP) is 7.41. The molecule has 1 aliphatic carbocycles. The highest BCUT2D eigenvalue weighted by Gasteiger charge is 2.36. The lowest BCUT2D eigenvalue weighted by Crippen LogP contribution is -2.14. The molecular weight excluding hydrogens is 577 g/mol. The van der Waals surface area contributed by atoms with E-state index in [9.17, 15) is 32.1 Å². The third-order valence-electron chi connectivity index (χ3n) is 6.70. The van der Waals surface area contributed by atoms with Crippen LogP contribution in [0, 0.1) is 5.92 Å². The van der Waals surface area contributed by atoms with Crippen molar-refractivity contribution in [3.8, 4) is 0 Å². The SMILES string of the molecule is O=C(c1ccc(S(=O)c2ccccc2C(F)(F)F)c(C(=O)O)c1)c1ccc(NC(c2ccc(Cl)cc2)C2CC2)cn1. The minimum atomic E-state index is -4.79. The van der Waals surface area contributed by atoms with Crippen LogP contribution in [0.2, 0.25) is 5.02 Å². The Morgan fingerprint density at radius 3 is 2.29 bits per heavy atom. The molecule has 1 aromatic heterocycles. The van der Waals surface area contributed by atoms with E-state index in [4.69, 9.17) is 11.6 Å². The van der Waals surface area contributed by atoms with Crippen LogP contribution in [0.4, 0.5) is 18.9 Å². The van der Waals surface area contributed by atoms with Gasteiger partial charge < -0.3 is 10.4 Å². The molecule has 0 spiro atoms. The Morgan fingerprint density at radius 1 is 0.976 bits per heavy atom. The molecule has 210 valence electrons. The molecular formula is C30H22ClF3N2O4S. The largest absolute Gasteiger partial charge is 0.478 e. The number of nitrogens with one attached hydrogen (secondary N) is 1. The van der Waals surface area contributed by atoms with Gasteiger partial charge in [0.05, 0.1) is 49.6 Å². The molecule has 41 heavy (non-hydrogen) atoms. The molecule has 1 heterocycles. The summed E-state index contributed by atoms with van der Waals surface area (Å²) in [6, 6.07) is 18.4. The van der Waals surface area contributed by atoms with Gasteiger partial charge in [-0.1, -0.05) is 35.9 Å². The number of carbonyl (C=O) groups excluding carboxylic acids is 1. The van der Waals surface area contributed by atoms with Crippen LogP contribution < -0.4 is 5.32 Å². The highest BCUT2D eigenvalue weighted by Crippen LogP contribution is 2.43. The molecule has 0 amide bonds. The first-order chi connectivity index (χ1) is 19.5. The fourth-order valence-electron chi connectivity index (χ4n) is 4.50. The van der Waals surface area contributed by atoms with E-state index in [0.717, 1.165) is 48.7 Å². The first-order valence-corrected chi connectivity index (χ1v) is 14.0. The summed E-state index contributed by atoms with van der Waals surface area (Å²) in [5, 5.41) is 13.8. The molecule has 0 aliphatic heterocycles. The number of hydrogen-bond acceptors (Lipinski definition) is 5. The number of pyridine rings is 1. The maximum atomic E-state index is 13.5. The van der Waals surface area contributed by atoms with E-state index in [1.165, 1.54) is 24.4 Å². The molecule has 2 unspecified atom stereocenters. The Labute approximate surface area is 240 Å². The Morgan fingerprint density at radius 2 is 1.68 bits per heavy atom. The van der Waals surface area contributed by atoms with E-state index in [0.29, 0.717) is 16.6 Å². The van der Waals surface area contributed by atoms with Crippen molar-refractivity contribution in [3.63, 3.8) is 0 Å². The Balaban J connectivity index is 1.38. The molecule has 11 heteroatoms. The molecule has 1 aliphatic rings. The molecule has 3 aromatic carbocycles. The van der Waals surface area contributed by atoms with Gasteiger partial charge in [-0.2, -0.15) is 13.2 Å². The number of carboxylic acids is 1. The van der Waals surface area contributed by atoms with E-state index >= 15 is 0 Å². The van der Waals surface area contributed by atoms with Gasteiger partial charge in [0.25, 0.3) is 0 Å². The number of aromatic carboxylic acids is 1. The lowest BCUT2D eigenvalue weighted by atomic mass is 10.0. The number of nitrogens with zero attached hydrogens (tertiary/aromatic N) is 1. The lowest BCUT2D eigenvalue weighted by molar-refractivity contribution is -0.139. The van der Waals surface area contributed by atoms with Gasteiger partial charge in [-0.3, -0.25) is 9.78 Å². The zero-order chi connectivity index (χ0) is 29.3. The van der Waals surface area contributed by atoms with Gasteiger partial charge >= 0.3 is 12.1 Å². The molecule has 6 nitrogen and oxygen atoms in total. The monoisotopic (exact) mass is 598 g/mol. The van der Waals surface area contributed by atoms with Crippen LogP contribution in [0.25, 0.3) is 0 Å². The van der Waals surface area contributed by atoms with Crippen LogP contribution in [0.1, 0.15) is 56.4 Å². The Hall–Kier alpha value is -4.02. The van der Waals surface area contributed by atoms with E-state index in [1.54, 1.807) is 6.07 Å². The summed E-state index contributed by atoms with van der Waals surface area (Å²) in [6.07, 6.45) is -1.11. The average Bonchev–Trinajstić information content (AvgIpc) is 3.81. The zero-order valence-electron chi connectivity index (χ0n) is 21.2. The van der Waals surface area contributed by atoms with Crippen LogP contribution in [-0.4, -0.2) is 26.1 Å². The van der Waals surface area contributed by atoms with Crippen LogP contribution in [0.15, 0.2) is 94.9 Å². The van der Waals surface area contributed by atoms with Crippen molar-refractivity contribution in [2.24, 2.45) is 5.92 Å². The standard InChI is InChI=1S/C30H22ClF3N2O4S/c31-20-10-7-18(8-11-20)27(17-5-6-17)36-21-12-13-24(35-16-21)28(37)19-9-14-25(22(15-19)29(38)39)41(40)26-4-2-1-3-23(26)30(32,33)34/h1-4,7-17,27,36H,5-6H2,(H,38,39). The molecule has 2 atom stereocenters. The number of carbonyl (C=O) groups is 2. The maximum absolute atomic E-state index is 13.5. The van der Waals surface area contributed by atoms with E-state index < -0.39 is 44.8 Å². The van der Waals surface area contributed by atoms with Crippen molar-refractivity contribution in [1.82, 2.24) is 4.98 Å². The van der Waals surface area contributed by atoms with Crippen LogP contribution in [0.3, 0.4) is 0 Å². The minimum absolute atomic E-state index is 0.0395. The smallest absolute Gasteiger partial charge is 0.417 e. The number of benzene rings is 3. The molecule has 0 saturated heterocycles. The first kappa shape index (κ1) is 28.5. The summed E-state index contributed by atoms with van der Waals surface area (Å²) in [7, 11) is -2.47. The number of hydrogen-bond donors (Lipinski definition) is 2. The number of rotatable bonds is 9. The van der Waals surface area contributed by atoms with Gasteiger partial charge in [-0.05, 0) is 78.9 Å². The summed E-state index contributed by atoms with van der Waals surface area (Å²) in [6.45, 7) is 0. The van der Waals surface area contributed by atoms with Crippen molar-refractivity contribution in [3.05, 3.63) is 118 Å². The number of carboxylic acid groups (broad SMARTS) is 1. The average molecular weight is 599 g/mol. The number of ketones is 1. The molecule has 4 aromatic rings. The van der Waals surface area contributed by atoms with Crippen molar-refractivity contribution in [1.29, 1.82) is 0 Å². The van der Waals surface area contributed by atoms with Crippen molar-refractivity contribution in [2.45, 2.75) is 34.9 Å². The molecule has 2 N–H and O–H groups in total. The Bertz CT molecular complexity index is 1640. The summed E-state index contributed by atoms with van der Waals surface area (Å²) in [4.78, 5) is 28.5. The summed E-state index contributed by atoms with van der Waals surface area (Å²) >= 11 is 6.02. The van der Waals surface area contributed by atoms with Crippen LogP contribution >= 0.6 is 11.6 Å². The van der Waals surface area contributed by atoms with Crippen LogP contribution in [-0.2, 0) is 17.0 Å². The van der Waals surface area contributed by atoms with Crippen molar-refractivity contribution in [2.75, 3.05) is 5.32 Å². The second-order valence-corrected chi connectivity index (χ2v) is 11.4. The van der Waals surface area contributed by atoms with Gasteiger partial charge in [0.15, 0.2) is 0 Å². The van der Waals surface area contributed by atoms with Crippen molar-refractivity contribution >= 4 is 39.8 Å². The van der Waals surface area contributed by atoms with E-state index in [2.05, 4.69) is 10.3 Å². The number of aromatic nitrogens is 1. The van der Waals surface area contributed by atoms with Gasteiger partial charge in [-0.25, -0.2) is 9.00 Å². The van der Waals surface area contributed by atoms with Crippen molar-refractivity contribution < 1.29 is 32.1 Å². The fourth-order valence-corrected chi connectivity index (χ4v) is 5.98. The van der Waals surface area contributed by atoms with E-state index in [1.807, 2.05) is 24.3 Å². The fraction of sp³-hybridized carbons (Fsp3) is 0.167. The second-order valence-electron chi connectivity index (χ2n) is 9.55. The second kappa shape index (κ2) is 11.5. The highest BCUT2D eigenvalue weighted by atomic mass is 35.5. The number of anilines is 1. The van der Waals surface area contributed by atoms with Crippen LogP contribution in [0.5, 0.6) is 0 Å². The Kier molecular flexibility index (Phi) is 7.97. The highest BCUT2D eigenvalue weighted by molar-refractivity contribution is 7.85. The van der Waals surface area contributed by atoms with Gasteiger partial charge in [0.1, 0.15) is 5.69 Å². The third kappa shape index (κ3) is 6.34. The topological polar surface area (TPSA) is 96.4 Å². The summed E-state index contributed by atoms with van der Waals surface area (Å²) < 4.78 is 53.5. The first-order valence-electron chi connectivity index (χ1n) is 12.5. The van der Waals surface area contributed by atoms with Gasteiger partial charge in [0.2, 0.25) is 5.78 Å². The molecule has 1 fully saturated rings. The molecule has 5 rings (SSSR count). The quantitative estimate of drug-likeness (QED) is 0.195. The number of alkyl halides is 3. The number of halogens is 4. The lowest BCUT2D eigenvalue weighted by Gasteiger charge is -2.20. The van der Waals surface area contributed by atoms with E-state index in [-0.39, 0.29) is 22.2 Å². The van der Waals surface area contributed by atoms with Gasteiger partial charge in [0, 0.05) is 10.6 Å². The molecule has 0 radical (unpaired) electrons. The maximum Gasteiger partial charge on any atom is 0.417 e. The summed E-state index contributed by atoms with van der Waals surface area (Å²) in [5.74, 6) is -1.67. The predicted molar refractivity (Wildman–Crippen MR) is 148 cm³/mol. The normalized spacial score (nSPS) is 14.7. The van der Waals surface area contributed by atoms with Gasteiger partial charge in [-0.15, -0.1) is 0 Å². The third-order valence-corrected chi connectivity index (χ3v) is 8.47. The minimum Gasteiger partial charge on any atom is -0.478 e. The summed E-state index contributed by atoms with van der Waals surface area (Å²) in [5.41, 5.74) is 0.0739. The zero-order valence-corrected chi connectivity index (χ0v) is 22.8. The molecule has 0 bridgehead atoms.